The summed E-state index contributed by atoms with van der Waals surface area (Å²) < 4.78 is 4.81. The fourth-order valence-electron chi connectivity index (χ4n) is 1.96. The van der Waals surface area contributed by atoms with Gasteiger partial charge in [-0.05, 0) is 24.3 Å². The molecule has 6 heteroatoms. The Hall–Kier alpha value is -2.60. The maximum Gasteiger partial charge on any atom is 0.359 e. The molecule has 1 heterocycles. The molecule has 2 N–H and O–H groups in total. The first kappa shape index (κ1) is 14.3. The molecule has 2 aromatic carbocycles. The Balaban J connectivity index is 2.14. The molecule has 0 spiro atoms. The topological polar surface area (TPSA) is 78.1 Å². The van der Waals surface area contributed by atoms with Crippen LogP contribution < -0.4 is 5.73 Å². The van der Waals surface area contributed by atoms with E-state index >= 15 is 0 Å². The highest BCUT2D eigenvalue weighted by molar-refractivity contribution is 7.99. The largest absolute Gasteiger partial charge is 0.464 e. The van der Waals surface area contributed by atoms with Crippen LogP contribution in [0.25, 0.3) is 11.0 Å². The van der Waals surface area contributed by atoms with Crippen molar-refractivity contribution >= 4 is 34.5 Å². The van der Waals surface area contributed by atoms with Gasteiger partial charge in [0.2, 0.25) is 0 Å². The summed E-state index contributed by atoms with van der Waals surface area (Å²) in [6, 6.07) is 14.8. The zero-order valence-electron chi connectivity index (χ0n) is 11.8. The van der Waals surface area contributed by atoms with Crippen LogP contribution in [0.15, 0.2) is 58.5 Å². The van der Waals surface area contributed by atoms with Crippen LogP contribution in [-0.4, -0.2) is 23.0 Å². The quantitative estimate of drug-likeness (QED) is 0.591. The number of rotatable bonds is 3. The lowest BCUT2D eigenvalue weighted by molar-refractivity contribution is 0.0589. The third-order valence-electron chi connectivity index (χ3n) is 3.04. The summed E-state index contributed by atoms with van der Waals surface area (Å²) in [5, 5.41) is 0.475. The van der Waals surface area contributed by atoms with Crippen LogP contribution in [0.5, 0.6) is 0 Å². The van der Waals surface area contributed by atoms with Crippen molar-refractivity contribution in [2.75, 3.05) is 12.8 Å². The van der Waals surface area contributed by atoms with Crippen LogP contribution in [0.1, 0.15) is 10.5 Å². The summed E-state index contributed by atoms with van der Waals surface area (Å²) in [5.41, 5.74) is 8.13. The third-order valence-corrected chi connectivity index (χ3v) is 4.11. The second kappa shape index (κ2) is 6.03. The molecule has 0 aliphatic rings. The Kier molecular flexibility index (Phi) is 3.93. The van der Waals surface area contributed by atoms with Crippen LogP contribution in [-0.2, 0) is 4.74 Å². The molecule has 0 bridgehead atoms. The normalized spacial score (nSPS) is 10.6. The summed E-state index contributed by atoms with van der Waals surface area (Å²) in [5.74, 6) is -0.518. The third kappa shape index (κ3) is 2.73. The molecule has 0 saturated heterocycles. The van der Waals surface area contributed by atoms with Crippen LogP contribution in [0, 0.1) is 0 Å². The Morgan fingerprint density at radius 2 is 1.68 bits per heavy atom. The van der Waals surface area contributed by atoms with E-state index in [-0.39, 0.29) is 5.69 Å². The van der Waals surface area contributed by atoms with E-state index in [2.05, 4.69) is 9.97 Å². The van der Waals surface area contributed by atoms with Gasteiger partial charge in [0.25, 0.3) is 0 Å². The second-order valence-corrected chi connectivity index (χ2v) is 5.53. The van der Waals surface area contributed by atoms with E-state index in [9.17, 15) is 4.79 Å². The minimum Gasteiger partial charge on any atom is -0.464 e. The molecule has 0 fully saturated rings. The zero-order chi connectivity index (χ0) is 15.5. The number of hydrogen-bond acceptors (Lipinski definition) is 6. The number of nitrogen functional groups attached to an aromatic ring is 1. The summed E-state index contributed by atoms with van der Waals surface area (Å²) in [7, 11) is 1.32. The number of aromatic nitrogens is 2. The van der Waals surface area contributed by atoms with Crippen molar-refractivity contribution < 1.29 is 9.53 Å². The number of para-hydroxylation sites is 3. The van der Waals surface area contributed by atoms with E-state index in [1.54, 1.807) is 12.1 Å². The van der Waals surface area contributed by atoms with Crippen molar-refractivity contribution in [3.8, 4) is 0 Å². The van der Waals surface area contributed by atoms with Gasteiger partial charge >= 0.3 is 5.97 Å². The van der Waals surface area contributed by atoms with Crippen molar-refractivity contribution in [3.05, 3.63) is 54.2 Å². The van der Waals surface area contributed by atoms with Crippen LogP contribution in [0.3, 0.4) is 0 Å². The Morgan fingerprint density at radius 3 is 2.36 bits per heavy atom. The van der Waals surface area contributed by atoms with Gasteiger partial charge in [0.1, 0.15) is 5.03 Å². The lowest BCUT2D eigenvalue weighted by Crippen LogP contribution is -2.08. The standard InChI is InChI=1S/C16H13N3O2S/c1-21-16(20)14-15(22-13-9-5-2-6-10(13)17)19-12-8-4-3-7-11(12)18-14/h2-9H,17H2,1H3. The first-order chi connectivity index (χ1) is 10.7. The highest BCUT2D eigenvalue weighted by Crippen LogP contribution is 2.33. The molecule has 0 unspecified atom stereocenters. The number of nitrogens with two attached hydrogens (primary N) is 1. The van der Waals surface area contributed by atoms with Crippen LogP contribution in [0.2, 0.25) is 0 Å². The van der Waals surface area contributed by atoms with E-state index in [0.29, 0.717) is 21.7 Å². The molecule has 0 amide bonds. The molecule has 3 aromatic rings. The van der Waals surface area contributed by atoms with E-state index < -0.39 is 5.97 Å². The molecule has 22 heavy (non-hydrogen) atoms. The van der Waals surface area contributed by atoms with Gasteiger partial charge in [-0.2, -0.15) is 0 Å². The van der Waals surface area contributed by atoms with Crippen molar-refractivity contribution in [3.63, 3.8) is 0 Å². The number of hydrogen-bond donors (Lipinski definition) is 1. The number of anilines is 1. The predicted octanol–water partition coefficient (Wildman–Crippen LogP) is 3.15. The molecule has 1 aromatic heterocycles. The minimum absolute atomic E-state index is 0.189. The van der Waals surface area contributed by atoms with Gasteiger partial charge in [-0.1, -0.05) is 36.0 Å². The molecule has 0 radical (unpaired) electrons. The molecule has 5 nitrogen and oxygen atoms in total. The summed E-state index contributed by atoms with van der Waals surface area (Å²) in [4.78, 5) is 21.7. The number of carbonyl (C=O) groups is 1. The molecule has 3 rings (SSSR count). The summed E-state index contributed by atoms with van der Waals surface area (Å²) in [6.45, 7) is 0. The molecular weight excluding hydrogens is 298 g/mol. The van der Waals surface area contributed by atoms with Crippen LogP contribution in [0.4, 0.5) is 5.69 Å². The van der Waals surface area contributed by atoms with Gasteiger partial charge in [0.05, 0.1) is 18.1 Å². The molecule has 0 aliphatic heterocycles. The molecule has 110 valence electrons. The Bertz CT molecular complexity index is 852. The van der Waals surface area contributed by atoms with Gasteiger partial charge < -0.3 is 10.5 Å². The SMILES string of the molecule is COC(=O)c1nc2ccccc2nc1Sc1ccccc1N. The number of fused-ring (bicyclic) bond motifs is 1. The lowest BCUT2D eigenvalue weighted by atomic mass is 10.3. The van der Waals surface area contributed by atoms with E-state index in [1.165, 1.54) is 18.9 Å². The Labute approximate surface area is 131 Å². The van der Waals surface area contributed by atoms with E-state index in [0.717, 1.165) is 4.90 Å². The number of esters is 1. The van der Waals surface area contributed by atoms with Crippen molar-refractivity contribution in [2.24, 2.45) is 0 Å². The summed E-state index contributed by atoms with van der Waals surface area (Å²) >= 11 is 1.30. The van der Waals surface area contributed by atoms with E-state index in [4.69, 9.17) is 10.5 Å². The van der Waals surface area contributed by atoms with Crippen LogP contribution >= 0.6 is 11.8 Å². The molecule has 0 aliphatic carbocycles. The van der Waals surface area contributed by atoms with E-state index in [1.807, 2.05) is 36.4 Å². The maximum absolute atomic E-state index is 12.0. The van der Waals surface area contributed by atoms with Gasteiger partial charge in [-0.15, -0.1) is 0 Å². The number of ether oxygens (including phenoxy) is 1. The highest BCUT2D eigenvalue weighted by atomic mass is 32.2. The average molecular weight is 311 g/mol. The molecule has 0 atom stereocenters. The fourth-order valence-corrected chi connectivity index (χ4v) is 2.87. The number of nitrogens with zero attached hydrogens (tertiary/aromatic N) is 2. The van der Waals surface area contributed by atoms with Gasteiger partial charge in [-0.25, -0.2) is 14.8 Å². The zero-order valence-corrected chi connectivity index (χ0v) is 12.6. The number of carbonyl (C=O) groups excluding carboxylic acids is 1. The number of methoxy groups -OCH3 is 1. The number of benzene rings is 2. The summed E-state index contributed by atoms with van der Waals surface area (Å²) in [6.07, 6.45) is 0. The second-order valence-electron chi connectivity index (χ2n) is 4.50. The van der Waals surface area contributed by atoms with Crippen molar-refractivity contribution in [2.45, 2.75) is 9.92 Å². The van der Waals surface area contributed by atoms with Gasteiger partial charge in [0.15, 0.2) is 5.69 Å². The minimum atomic E-state index is -0.518. The Morgan fingerprint density at radius 1 is 1.05 bits per heavy atom. The highest BCUT2D eigenvalue weighted by Gasteiger charge is 2.18. The molecular formula is C16H13N3O2S. The predicted molar refractivity (Wildman–Crippen MR) is 85.9 cm³/mol. The smallest absolute Gasteiger partial charge is 0.359 e. The van der Waals surface area contributed by atoms with Crippen molar-refractivity contribution in [1.82, 2.24) is 9.97 Å². The van der Waals surface area contributed by atoms with Gasteiger partial charge in [-0.3, -0.25) is 0 Å². The first-order valence-electron chi connectivity index (χ1n) is 6.56. The fraction of sp³-hybridized carbons (Fsp3) is 0.0625. The average Bonchev–Trinajstić information content (AvgIpc) is 2.55. The maximum atomic E-state index is 12.0. The van der Waals surface area contributed by atoms with Crippen molar-refractivity contribution in [1.29, 1.82) is 0 Å². The lowest BCUT2D eigenvalue weighted by Gasteiger charge is -2.09. The van der Waals surface area contributed by atoms with Gasteiger partial charge in [0, 0.05) is 10.6 Å². The first-order valence-corrected chi connectivity index (χ1v) is 7.38. The molecule has 0 saturated carbocycles. The monoisotopic (exact) mass is 311 g/mol.